The predicted octanol–water partition coefficient (Wildman–Crippen LogP) is 7.26. The van der Waals surface area contributed by atoms with Gasteiger partial charge in [0.2, 0.25) is 10.0 Å². The Morgan fingerprint density at radius 1 is 0.711 bits per heavy atom. The van der Waals surface area contributed by atoms with Crippen LogP contribution in [-0.2, 0) is 23.1 Å². The molecule has 228 valence electrons. The maximum atomic E-state index is 13.9. The van der Waals surface area contributed by atoms with Gasteiger partial charge >= 0.3 is 0 Å². The first-order valence-corrected chi connectivity index (χ1v) is 16.8. The van der Waals surface area contributed by atoms with Gasteiger partial charge in [-0.1, -0.05) is 86.0 Å². The van der Waals surface area contributed by atoms with Crippen LogP contribution in [0.25, 0.3) is 22.4 Å². The number of nitrogens with one attached hydrogen (secondary N) is 1. The zero-order chi connectivity index (χ0) is 31.1. The first-order valence-electron chi connectivity index (χ1n) is 15.4. The Morgan fingerprint density at radius 3 is 2.02 bits per heavy atom. The third-order valence-electron chi connectivity index (χ3n) is 8.25. The lowest BCUT2D eigenvalue weighted by Crippen LogP contribution is -2.36. The number of pyridine rings is 2. The van der Waals surface area contributed by atoms with Gasteiger partial charge in [-0.25, -0.2) is 8.42 Å². The van der Waals surface area contributed by atoms with Crippen LogP contribution in [0.2, 0.25) is 0 Å². The molecule has 1 N–H and O–H groups in total. The molecule has 0 radical (unpaired) electrons. The lowest BCUT2D eigenvalue weighted by Gasteiger charge is -2.23. The average molecular weight is 617 g/mol. The Morgan fingerprint density at radius 2 is 1.38 bits per heavy atom. The molecule has 45 heavy (non-hydrogen) atoms. The molecule has 0 bridgehead atoms. The number of aromatic nitrogens is 2. The Labute approximate surface area is 265 Å². The Hall–Kier alpha value is -4.66. The van der Waals surface area contributed by atoms with Gasteiger partial charge in [0.25, 0.3) is 5.91 Å². The molecule has 0 saturated heterocycles. The largest absolute Gasteiger partial charge is 0.349 e. The van der Waals surface area contributed by atoms with Crippen molar-refractivity contribution in [2.45, 2.75) is 56.1 Å². The van der Waals surface area contributed by atoms with Gasteiger partial charge in [0, 0.05) is 48.8 Å². The number of sulfonamides is 1. The van der Waals surface area contributed by atoms with E-state index in [0.29, 0.717) is 5.56 Å². The number of hydrogen-bond donors (Lipinski definition) is 1. The van der Waals surface area contributed by atoms with Gasteiger partial charge in [-0.3, -0.25) is 14.8 Å². The molecule has 7 nitrogen and oxygen atoms in total. The number of carbonyl (C=O) groups is 1. The first-order chi connectivity index (χ1) is 22.0. The van der Waals surface area contributed by atoms with Gasteiger partial charge in [-0.15, -0.1) is 0 Å². The van der Waals surface area contributed by atoms with Crippen LogP contribution in [0.1, 0.15) is 53.6 Å². The van der Waals surface area contributed by atoms with Gasteiger partial charge in [0.1, 0.15) is 0 Å². The summed E-state index contributed by atoms with van der Waals surface area (Å²) in [4.78, 5) is 21.8. The summed E-state index contributed by atoms with van der Waals surface area (Å²) in [5, 5.41) is 3.16. The molecule has 2 heterocycles. The zero-order valence-corrected chi connectivity index (χ0v) is 25.9. The average Bonchev–Trinajstić information content (AvgIpc) is 3.10. The maximum Gasteiger partial charge on any atom is 0.251 e. The van der Waals surface area contributed by atoms with Crippen molar-refractivity contribution >= 4 is 15.9 Å². The summed E-state index contributed by atoms with van der Waals surface area (Å²) >= 11 is 0. The van der Waals surface area contributed by atoms with Crippen molar-refractivity contribution in [1.29, 1.82) is 0 Å². The highest BCUT2D eigenvalue weighted by Gasteiger charge is 2.25. The van der Waals surface area contributed by atoms with Gasteiger partial charge in [0.15, 0.2) is 0 Å². The summed E-state index contributed by atoms with van der Waals surface area (Å²) in [5.41, 5.74) is 5.79. The van der Waals surface area contributed by atoms with Crippen molar-refractivity contribution < 1.29 is 13.2 Å². The molecule has 0 spiro atoms. The van der Waals surface area contributed by atoms with Crippen molar-refractivity contribution in [2.24, 2.45) is 0 Å². The summed E-state index contributed by atoms with van der Waals surface area (Å²) in [5.74, 6) is -0.0404. The molecule has 0 atom stereocenters. The van der Waals surface area contributed by atoms with Gasteiger partial charge in [0.05, 0.1) is 10.6 Å². The second kappa shape index (κ2) is 14.0. The molecule has 1 aliphatic rings. The first kappa shape index (κ1) is 30.4. The van der Waals surface area contributed by atoms with Gasteiger partial charge in [-0.2, -0.15) is 4.31 Å². The Kier molecular flexibility index (Phi) is 9.43. The molecule has 3 aromatic carbocycles. The van der Waals surface area contributed by atoms with Crippen LogP contribution in [-0.4, -0.2) is 34.6 Å². The van der Waals surface area contributed by atoms with Crippen LogP contribution in [0.5, 0.6) is 0 Å². The summed E-state index contributed by atoms with van der Waals surface area (Å²) in [6.45, 7) is 0.313. The second-order valence-corrected chi connectivity index (χ2v) is 13.4. The van der Waals surface area contributed by atoms with E-state index < -0.39 is 10.0 Å². The number of amides is 1. The number of rotatable bonds is 10. The third kappa shape index (κ3) is 7.53. The van der Waals surface area contributed by atoms with Crippen LogP contribution in [0.15, 0.2) is 127 Å². The van der Waals surface area contributed by atoms with E-state index in [-0.39, 0.29) is 29.9 Å². The monoisotopic (exact) mass is 616 g/mol. The lowest BCUT2D eigenvalue weighted by molar-refractivity contribution is 0.0927. The van der Waals surface area contributed by atoms with Crippen LogP contribution in [0, 0.1) is 0 Å². The van der Waals surface area contributed by atoms with Crippen molar-refractivity contribution in [3.63, 3.8) is 0 Å². The lowest BCUT2D eigenvalue weighted by atomic mass is 9.95. The van der Waals surface area contributed by atoms with Crippen molar-refractivity contribution in [1.82, 2.24) is 19.6 Å². The predicted molar refractivity (Wildman–Crippen MR) is 177 cm³/mol. The van der Waals surface area contributed by atoms with Crippen LogP contribution < -0.4 is 5.32 Å². The molecular weight excluding hydrogens is 580 g/mol. The maximum absolute atomic E-state index is 13.9. The number of benzene rings is 3. The summed E-state index contributed by atoms with van der Waals surface area (Å²) in [6, 6.07) is 32.0. The van der Waals surface area contributed by atoms with Crippen LogP contribution >= 0.6 is 0 Å². The van der Waals surface area contributed by atoms with Gasteiger partial charge in [-0.05, 0) is 71.5 Å². The minimum Gasteiger partial charge on any atom is -0.349 e. The second-order valence-electron chi connectivity index (χ2n) is 11.5. The SMILES string of the molecule is O=C(NC1CCCCC1)c1ccc(-c2ccc(CN(Cc3cccnc3)S(=O)(=O)c3ccc(-c4ccccc4)cc3)cn2)cc1. The standard InChI is InChI=1S/C37H36N4O3S/c42-37(40-34-11-5-2-6-12-34)33-16-14-32(15-17-33)36-22-13-29(25-39-36)27-41(26-28-8-7-23-38-24-28)45(43,44)35-20-18-31(19-21-35)30-9-3-1-4-10-30/h1,3-4,7-10,13-25,34H,2,5-6,11-12,26-27H2,(H,40,42). The fourth-order valence-corrected chi connectivity index (χ4v) is 7.14. The molecule has 1 aliphatic carbocycles. The molecule has 6 rings (SSSR count). The number of carbonyl (C=O) groups excluding carboxylic acids is 1. The molecule has 1 fully saturated rings. The topological polar surface area (TPSA) is 92.3 Å². The highest BCUT2D eigenvalue weighted by atomic mass is 32.2. The quantitative estimate of drug-likeness (QED) is 0.178. The normalized spacial score (nSPS) is 13.9. The van der Waals surface area contributed by atoms with Crippen molar-refractivity contribution in [3.8, 4) is 22.4 Å². The fraction of sp³-hybridized carbons (Fsp3) is 0.216. The highest BCUT2D eigenvalue weighted by molar-refractivity contribution is 7.89. The Bertz CT molecular complexity index is 1810. The van der Waals surface area contributed by atoms with E-state index in [0.717, 1.165) is 46.4 Å². The molecule has 2 aromatic heterocycles. The minimum absolute atomic E-state index is 0.0404. The van der Waals surface area contributed by atoms with E-state index in [1.54, 1.807) is 36.8 Å². The molecule has 8 heteroatoms. The Balaban J connectivity index is 1.18. The summed E-state index contributed by atoms with van der Waals surface area (Å²) in [7, 11) is -3.84. The van der Waals surface area contributed by atoms with Crippen LogP contribution in [0.4, 0.5) is 0 Å². The molecular formula is C37H36N4O3S. The molecule has 0 aliphatic heterocycles. The third-order valence-corrected chi connectivity index (χ3v) is 10.1. The molecule has 1 amide bonds. The van der Waals surface area contributed by atoms with E-state index in [4.69, 9.17) is 0 Å². The van der Waals surface area contributed by atoms with Gasteiger partial charge < -0.3 is 5.32 Å². The smallest absolute Gasteiger partial charge is 0.251 e. The molecule has 0 unspecified atom stereocenters. The summed E-state index contributed by atoms with van der Waals surface area (Å²) < 4.78 is 29.3. The highest BCUT2D eigenvalue weighted by Crippen LogP contribution is 2.26. The number of hydrogen-bond acceptors (Lipinski definition) is 5. The van der Waals surface area contributed by atoms with Crippen molar-refractivity contribution in [3.05, 3.63) is 138 Å². The van der Waals surface area contributed by atoms with Crippen molar-refractivity contribution in [2.75, 3.05) is 0 Å². The molecule has 1 saturated carbocycles. The minimum atomic E-state index is -3.84. The van der Waals surface area contributed by atoms with E-state index in [1.807, 2.05) is 84.9 Å². The molecule has 5 aromatic rings. The zero-order valence-electron chi connectivity index (χ0n) is 25.0. The van der Waals surface area contributed by atoms with E-state index in [2.05, 4.69) is 15.3 Å². The number of nitrogens with zero attached hydrogens (tertiary/aromatic N) is 3. The summed E-state index contributed by atoms with van der Waals surface area (Å²) in [6.07, 6.45) is 10.7. The van der Waals surface area contributed by atoms with E-state index in [9.17, 15) is 13.2 Å². The van der Waals surface area contributed by atoms with E-state index >= 15 is 0 Å². The fourth-order valence-electron chi connectivity index (χ4n) is 5.72. The van der Waals surface area contributed by atoms with E-state index in [1.165, 1.54) is 23.6 Å². The van der Waals surface area contributed by atoms with Crippen LogP contribution in [0.3, 0.4) is 0 Å².